The zero-order valence-electron chi connectivity index (χ0n) is 10.3. The molecule has 2 heterocycles. The Morgan fingerprint density at radius 3 is 2.90 bits per heavy atom. The minimum absolute atomic E-state index is 0.0263. The molecule has 2 rings (SSSR count). The number of esters is 1. The molecule has 0 aliphatic carbocycles. The van der Waals surface area contributed by atoms with Crippen molar-refractivity contribution >= 4 is 43.3 Å². The molecule has 6 nitrogen and oxygen atoms in total. The first-order chi connectivity index (χ1) is 9.44. The van der Waals surface area contributed by atoms with Gasteiger partial charge in [0.2, 0.25) is 10.0 Å². The van der Waals surface area contributed by atoms with E-state index in [1.165, 1.54) is 13.2 Å². The number of thiophene rings is 1. The normalized spacial score (nSPS) is 11.5. The molecule has 9 heteroatoms. The van der Waals surface area contributed by atoms with Gasteiger partial charge in [-0.05, 0) is 33.6 Å². The molecule has 0 unspecified atom stereocenters. The number of aromatic amines is 1. The van der Waals surface area contributed by atoms with E-state index < -0.39 is 16.0 Å². The summed E-state index contributed by atoms with van der Waals surface area (Å²) in [6.45, 7) is 0.168. The number of rotatable bonds is 5. The molecule has 0 saturated carbocycles. The lowest BCUT2D eigenvalue weighted by Crippen LogP contribution is -2.22. The minimum atomic E-state index is -3.70. The van der Waals surface area contributed by atoms with Gasteiger partial charge in [0.05, 0.1) is 10.9 Å². The third kappa shape index (κ3) is 3.29. The maximum atomic E-state index is 12.2. The number of sulfonamides is 1. The number of aromatic nitrogens is 1. The Hall–Kier alpha value is -1.16. The predicted molar refractivity (Wildman–Crippen MR) is 78.2 cm³/mol. The molecule has 0 fully saturated rings. The average Bonchev–Trinajstić information content (AvgIpc) is 3.05. The first kappa shape index (κ1) is 15.2. The second kappa shape index (κ2) is 6.08. The fourth-order valence-corrected chi connectivity index (χ4v) is 4.96. The summed E-state index contributed by atoms with van der Waals surface area (Å²) in [5.74, 6) is -0.567. The van der Waals surface area contributed by atoms with Crippen LogP contribution in [0.2, 0.25) is 0 Å². The van der Waals surface area contributed by atoms with Crippen molar-refractivity contribution < 1.29 is 17.9 Å². The molecule has 0 bridgehead atoms. The molecule has 0 aromatic carbocycles. The van der Waals surface area contributed by atoms with E-state index in [-0.39, 0.29) is 16.3 Å². The van der Waals surface area contributed by atoms with Crippen molar-refractivity contribution in [2.45, 2.75) is 11.4 Å². The van der Waals surface area contributed by atoms with Crippen LogP contribution in [0.25, 0.3) is 0 Å². The zero-order valence-corrected chi connectivity index (χ0v) is 13.6. The van der Waals surface area contributed by atoms with Crippen molar-refractivity contribution in [1.29, 1.82) is 0 Å². The molecule has 108 valence electrons. The second-order valence-corrected chi connectivity index (χ2v) is 7.89. The van der Waals surface area contributed by atoms with Gasteiger partial charge in [0.15, 0.2) is 0 Å². The van der Waals surface area contributed by atoms with Crippen molar-refractivity contribution in [1.82, 2.24) is 9.71 Å². The number of nitrogens with one attached hydrogen (secondary N) is 2. The van der Waals surface area contributed by atoms with E-state index in [2.05, 4.69) is 30.4 Å². The zero-order chi connectivity index (χ0) is 14.8. The highest BCUT2D eigenvalue weighted by Gasteiger charge is 2.23. The molecular weight excluding hydrogens is 368 g/mol. The highest BCUT2D eigenvalue weighted by Crippen LogP contribution is 2.32. The van der Waals surface area contributed by atoms with E-state index in [1.807, 2.05) is 0 Å². The number of halogens is 1. The molecule has 0 amide bonds. The molecule has 0 aliphatic heterocycles. The summed E-state index contributed by atoms with van der Waals surface area (Å²) >= 11 is 4.17. The molecule has 0 radical (unpaired) electrons. The van der Waals surface area contributed by atoms with E-state index in [9.17, 15) is 13.2 Å². The number of hydrogen-bond acceptors (Lipinski definition) is 5. The molecule has 0 atom stereocenters. The summed E-state index contributed by atoms with van der Waals surface area (Å²) in [4.78, 5) is 14.5. The molecule has 2 aromatic rings. The van der Waals surface area contributed by atoms with Gasteiger partial charge in [-0.25, -0.2) is 17.9 Å². The van der Waals surface area contributed by atoms with Gasteiger partial charge in [0.1, 0.15) is 9.77 Å². The van der Waals surface area contributed by atoms with Crippen LogP contribution in [0.1, 0.15) is 15.2 Å². The van der Waals surface area contributed by atoms with Crippen LogP contribution in [0.5, 0.6) is 0 Å². The number of methoxy groups -OCH3 is 1. The standard InChI is InChI=1S/C11H11BrN2O4S2/c1-18-11(15)8-4-9(10(12)19-8)20(16,17)14-6-7-2-3-13-5-7/h2-5,13-14H,6H2,1H3. The quantitative estimate of drug-likeness (QED) is 0.779. The predicted octanol–water partition coefficient (Wildman–Crippen LogP) is 2.10. The molecule has 2 aromatic heterocycles. The summed E-state index contributed by atoms with van der Waals surface area (Å²) in [5, 5.41) is 0. The smallest absolute Gasteiger partial charge is 0.348 e. The van der Waals surface area contributed by atoms with Crippen molar-refractivity contribution in [2.24, 2.45) is 0 Å². The number of ether oxygens (including phenoxy) is 1. The van der Waals surface area contributed by atoms with E-state index in [1.54, 1.807) is 18.5 Å². The highest BCUT2D eigenvalue weighted by molar-refractivity contribution is 9.11. The van der Waals surface area contributed by atoms with Gasteiger partial charge in [0, 0.05) is 18.9 Å². The number of hydrogen-bond donors (Lipinski definition) is 2. The highest BCUT2D eigenvalue weighted by atomic mass is 79.9. The Kier molecular flexibility index (Phi) is 4.63. The lowest BCUT2D eigenvalue weighted by molar-refractivity contribution is 0.0606. The molecular formula is C11H11BrN2O4S2. The van der Waals surface area contributed by atoms with Gasteiger partial charge < -0.3 is 9.72 Å². The molecule has 0 aliphatic rings. The topological polar surface area (TPSA) is 88.3 Å². The summed E-state index contributed by atoms with van der Waals surface area (Å²) in [7, 11) is -2.45. The van der Waals surface area contributed by atoms with Gasteiger partial charge in [0.25, 0.3) is 0 Å². The van der Waals surface area contributed by atoms with Gasteiger partial charge >= 0.3 is 5.97 Å². The van der Waals surface area contributed by atoms with Crippen LogP contribution in [-0.2, 0) is 21.3 Å². The molecule has 0 saturated heterocycles. The molecule has 20 heavy (non-hydrogen) atoms. The van der Waals surface area contributed by atoms with Crippen molar-refractivity contribution in [3.63, 3.8) is 0 Å². The molecule has 2 N–H and O–H groups in total. The Morgan fingerprint density at radius 1 is 1.55 bits per heavy atom. The minimum Gasteiger partial charge on any atom is -0.465 e. The number of carbonyl (C=O) groups is 1. The van der Waals surface area contributed by atoms with Crippen LogP contribution >= 0.6 is 27.3 Å². The van der Waals surface area contributed by atoms with Crippen molar-refractivity contribution in [3.05, 3.63) is 38.8 Å². The Labute approximate surface area is 128 Å². The maximum absolute atomic E-state index is 12.2. The van der Waals surface area contributed by atoms with Crippen LogP contribution in [0, 0.1) is 0 Å². The Balaban J connectivity index is 2.21. The van der Waals surface area contributed by atoms with Crippen molar-refractivity contribution in [2.75, 3.05) is 7.11 Å². The monoisotopic (exact) mass is 378 g/mol. The fraction of sp³-hybridized carbons (Fsp3) is 0.182. The summed E-state index contributed by atoms with van der Waals surface area (Å²) in [5.41, 5.74) is 0.813. The average molecular weight is 379 g/mol. The second-order valence-electron chi connectivity index (χ2n) is 3.78. The van der Waals surface area contributed by atoms with E-state index >= 15 is 0 Å². The maximum Gasteiger partial charge on any atom is 0.348 e. The van der Waals surface area contributed by atoms with Crippen LogP contribution in [0.3, 0.4) is 0 Å². The van der Waals surface area contributed by atoms with Crippen LogP contribution in [0.4, 0.5) is 0 Å². The first-order valence-corrected chi connectivity index (χ1v) is 8.52. The van der Waals surface area contributed by atoms with E-state index in [4.69, 9.17) is 0 Å². The summed E-state index contributed by atoms with van der Waals surface area (Å²) in [6, 6.07) is 3.06. The van der Waals surface area contributed by atoms with Gasteiger partial charge in [-0.3, -0.25) is 0 Å². The number of carbonyl (C=O) groups excluding carboxylic acids is 1. The fourth-order valence-electron chi connectivity index (χ4n) is 1.46. The summed E-state index contributed by atoms with van der Waals surface area (Å²) < 4.78 is 31.7. The Morgan fingerprint density at radius 2 is 2.30 bits per heavy atom. The van der Waals surface area contributed by atoms with Crippen LogP contribution < -0.4 is 4.72 Å². The van der Waals surface area contributed by atoms with Gasteiger partial charge in [-0.15, -0.1) is 11.3 Å². The molecule has 0 spiro atoms. The first-order valence-electron chi connectivity index (χ1n) is 5.43. The number of H-pyrrole nitrogens is 1. The largest absolute Gasteiger partial charge is 0.465 e. The third-order valence-electron chi connectivity index (χ3n) is 2.46. The summed E-state index contributed by atoms with van der Waals surface area (Å²) in [6.07, 6.45) is 3.41. The lowest BCUT2D eigenvalue weighted by atomic mass is 10.4. The SMILES string of the molecule is COC(=O)c1cc(S(=O)(=O)NCc2cc[nH]c2)c(Br)s1. The van der Waals surface area contributed by atoms with Crippen LogP contribution in [0.15, 0.2) is 33.2 Å². The third-order valence-corrected chi connectivity index (χ3v) is 6.09. The van der Waals surface area contributed by atoms with E-state index in [0.717, 1.165) is 16.9 Å². The van der Waals surface area contributed by atoms with Gasteiger partial charge in [-0.2, -0.15) is 0 Å². The lowest BCUT2D eigenvalue weighted by Gasteiger charge is -2.04. The van der Waals surface area contributed by atoms with E-state index in [0.29, 0.717) is 3.79 Å². The van der Waals surface area contributed by atoms with Gasteiger partial charge in [-0.1, -0.05) is 0 Å². The van der Waals surface area contributed by atoms with Crippen molar-refractivity contribution in [3.8, 4) is 0 Å². The Bertz CT molecular complexity index is 707. The van der Waals surface area contributed by atoms with Crippen LogP contribution in [-0.4, -0.2) is 26.5 Å².